The SMILES string of the molecule is CCNC(=NCc1c(OC)cc(OC)cc1OC)NC1CN(C(C)C)CC1C. The number of rotatable bonds is 8. The van der Waals surface area contributed by atoms with Crippen molar-refractivity contribution in [2.45, 2.75) is 46.3 Å². The highest BCUT2D eigenvalue weighted by Gasteiger charge is 2.31. The molecular formula is C21H36N4O3. The molecule has 2 unspecified atom stereocenters. The number of benzene rings is 1. The first kappa shape index (κ1) is 22.1. The molecule has 1 fully saturated rings. The van der Waals surface area contributed by atoms with E-state index in [0.717, 1.165) is 31.2 Å². The van der Waals surface area contributed by atoms with Crippen molar-refractivity contribution < 1.29 is 14.2 Å². The van der Waals surface area contributed by atoms with Crippen LogP contribution in [0.2, 0.25) is 0 Å². The van der Waals surface area contributed by atoms with Gasteiger partial charge in [-0.25, -0.2) is 4.99 Å². The van der Waals surface area contributed by atoms with E-state index in [4.69, 9.17) is 19.2 Å². The van der Waals surface area contributed by atoms with Gasteiger partial charge in [-0.05, 0) is 26.7 Å². The Bertz CT molecular complexity index is 638. The third-order valence-corrected chi connectivity index (χ3v) is 5.25. The van der Waals surface area contributed by atoms with Crippen molar-refractivity contribution >= 4 is 5.96 Å². The van der Waals surface area contributed by atoms with Gasteiger partial charge in [0.1, 0.15) is 17.2 Å². The van der Waals surface area contributed by atoms with Crippen LogP contribution in [0.25, 0.3) is 0 Å². The van der Waals surface area contributed by atoms with Crippen LogP contribution in [0.15, 0.2) is 17.1 Å². The Morgan fingerprint density at radius 3 is 2.25 bits per heavy atom. The topological polar surface area (TPSA) is 67.4 Å². The van der Waals surface area contributed by atoms with Crippen LogP contribution in [0, 0.1) is 5.92 Å². The first-order valence-electron chi connectivity index (χ1n) is 10.0. The summed E-state index contributed by atoms with van der Waals surface area (Å²) >= 11 is 0. The zero-order valence-electron chi connectivity index (χ0n) is 18.3. The van der Waals surface area contributed by atoms with Gasteiger partial charge in [-0.2, -0.15) is 0 Å². The van der Waals surface area contributed by atoms with Gasteiger partial charge in [-0.1, -0.05) is 6.92 Å². The molecule has 2 atom stereocenters. The Morgan fingerprint density at radius 2 is 1.79 bits per heavy atom. The minimum Gasteiger partial charge on any atom is -0.496 e. The van der Waals surface area contributed by atoms with Gasteiger partial charge in [-0.3, -0.25) is 4.90 Å². The molecule has 1 aliphatic heterocycles. The van der Waals surface area contributed by atoms with Crippen LogP contribution >= 0.6 is 0 Å². The van der Waals surface area contributed by atoms with E-state index in [0.29, 0.717) is 41.8 Å². The fourth-order valence-corrected chi connectivity index (χ4v) is 3.50. The van der Waals surface area contributed by atoms with Crippen molar-refractivity contribution in [1.29, 1.82) is 0 Å². The predicted molar refractivity (Wildman–Crippen MR) is 114 cm³/mol. The van der Waals surface area contributed by atoms with Crippen molar-refractivity contribution in [3.05, 3.63) is 17.7 Å². The lowest BCUT2D eigenvalue weighted by atomic mass is 10.1. The second-order valence-corrected chi connectivity index (χ2v) is 7.48. The number of aliphatic imine (C=N–C) groups is 1. The van der Waals surface area contributed by atoms with Crippen LogP contribution < -0.4 is 24.8 Å². The van der Waals surface area contributed by atoms with E-state index < -0.39 is 0 Å². The number of guanidine groups is 1. The van der Waals surface area contributed by atoms with Crippen LogP contribution in [-0.2, 0) is 6.54 Å². The largest absolute Gasteiger partial charge is 0.496 e. The van der Waals surface area contributed by atoms with Crippen LogP contribution in [0.5, 0.6) is 17.2 Å². The molecule has 0 radical (unpaired) electrons. The van der Waals surface area contributed by atoms with Crippen molar-refractivity contribution in [2.75, 3.05) is 41.0 Å². The number of likely N-dealkylation sites (tertiary alicyclic amines) is 1. The number of hydrogen-bond donors (Lipinski definition) is 2. The molecule has 1 aromatic carbocycles. The maximum Gasteiger partial charge on any atom is 0.191 e. The molecule has 158 valence electrons. The first-order valence-corrected chi connectivity index (χ1v) is 10.0. The molecule has 1 aliphatic rings. The van der Waals surface area contributed by atoms with Crippen molar-refractivity contribution in [2.24, 2.45) is 10.9 Å². The summed E-state index contributed by atoms with van der Waals surface area (Å²) in [6.07, 6.45) is 0. The quantitative estimate of drug-likeness (QED) is 0.523. The van der Waals surface area contributed by atoms with Crippen LogP contribution in [0.1, 0.15) is 33.3 Å². The fraction of sp³-hybridized carbons (Fsp3) is 0.667. The molecule has 0 amide bonds. The number of methoxy groups -OCH3 is 3. The van der Waals surface area contributed by atoms with Crippen molar-refractivity contribution in [1.82, 2.24) is 15.5 Å². The van der Waals surface area contributed by atoms with Gasteiger partial charge in [0.15, 0.2) is 5.96 Å². The average molecular weight is 393 g/mol. The summed E-state index contributed by atoms with van der Waals surface area (Å²) in [6.45, 7) is 12.2. The molecule has 0 bridgehead atoms. The molecule has 1 aromatic rings. The zero-order valence-corrected chi connectivity index (χ0v) is 18.3. The molecular weight excluding hydrogens is 356 g/mol. The number of nitrogens with one attached hydrogen (secondary N) is 2. The van der Waals surface area contributed by atoms with E-state index in [-0.39, 0.29) is 0 Å². The first-order chi connectivity index (χ1) is 13.4. The van der Waals surface area contributed by atoms with E-state index in [1.165, 1.54) is 0 Å². The molecule has 0 saturated carbocycles. The van der Waals surface area contributed by atoms with E-state index in [1.807, 2.05) is 12.1 Å². The minimum atomic E-state index is 0.375. The summed E-state index contributed by atoms with van der Waals surface area (Å²) in [5, 5.41) is 6.97. The maximum absolute atomic E-state index is 5.54. The second-order valence-electron chi connectivity index (χ2n) is 7.48. The summed E-state index contributed by atoms with van der Waals surface area (Å²) in [6, 6.07) is 4.64. The second kappa shape index (κ2) is 10.4. The van der Waals surface area contributed by atoms with Crippen LogP contribution in [0.3, 0.4) is 0 Å². The number of ether oxygens (including phenoxy) is 3. The van der Waals surface area contributed by atoms with Gasteiger partial charge in [-0.15, -0.1) is 0 Å². The highest BCUT2D eigenvalue weighted by Crippen LogP contribution is 2.34. The summed E-state index contributed by atoms with van der Waals surface area (Å²) in [5.41, 5.74) is 0.895. The van der Waals surface area contributed by atoms with Gasteiger partial charge >= 0.3 is 0 Å². The van der Waals surface area contributed by atoms with Gasteiger partial charge < -0.3 is 24.8 Å². The predicted octanol–water partition coefficient (Wildman–Crippen LogP) is 2.50. The normalized spacial score (nSPS) is 20.4. The molecule has 0 spiro atoms. The smallest absolute Gasteiger partial charge is 0.191 e. The molecule has 1 saturated heterocycles. The molecule has 7 heteroatoms. The number of nitrogens with zero attached hydrogens (tertiary/aromatic N) is 2. The highest BCUT2D eigenvalue weighted by molar-refractivity contribution is 5.80. The van der Waals surface area contributed by atoms with Gasteiger partial charge in [0.25, 0.3) is 0 Å². The highest BCUT2D eigenvalue weighted by atomic mass is 16.5. The van der Waals surface area contributed by atoms with Gasteiger partial charge in [0.05, 0.1) is 33.4 Å². The van der Waals surface area contributed by atoms with E-state index in [1.54, 1.807) is 21.3 Å². The minimum absolute atomic E-state index is 0.375. The Kier molecular flexibility index (Phi) is 8.23. The maximum atomic E-state index is 5.54. The lowest BCUT2D eigenvalue weighted by Gasteiger charge is -2.22. The van der Waals surface area contributed by atoms with Crippen LogP contribution in [-0.4, -0.2) is 63.9 Å². The molecule has 7 nitrogen and oxygen atoms in total. The third-order valence-electron chi connectivity index (χ3n) is 5.25. The average Bonchev–Trinajstić information content (AvgIpc) is 3.06. The van der Waals surface area contributed by atoms with Crippen molar-refractivity contribution in [3.8, 4) is 17.2 Å². The molecule has 0 aromatic heterocycles. The fourth-order valence-electron chi connectivity index (χ4n) is 3.50. The van der Waals surface area contributed by atoms with Gasteiger partial charge in [0.2, 0.25) is 0 Å². The molecule has 1 heterocycles. The standard InChI is InChI=1S/C21H36N4O3/c1-8-22-21(24-18-13-25(14(2)3)12-15(18)4)23-11-17-19(27-6)9-16(26-5)10-20(17)28-7/h9-10,14-15,18H,8,11-13H2,1-7H3,(H2,22,23,24). The Balaban J connectivity index is 2.19. The third kappa shape index (κ3) is 5.44. The van der Waals surface area contributed by atoms with Crippen molar-refractivity contribution in [3.63, 3.8) is 0 Å². The Labute approximate surface area is 169 Å². The summed E-state index contributed by atoms with van der Waals surface area (Å²) in [4.78, 5) is 7.30. The van der Waals surface area contributed by atoms with E-state index >= 15 is 0 Å². The monoisotopic (exact) mass is 392 g/mol. The van der Waals surface area contributed by atoms with Gasteiger partial charge in [0, 0.05) is 43.9 Å². The Morgan fingerprint density at radius 1 is 1.14 bits per heavy atom. The summed E-state index contributed by atoms with van der Waals surface area (Å²) in [5.74, 6) is 3.48. The van der Waals surface area contributed by atoms with Crippen LogP contribution in [0.4, 0.5) is 0 Å². The Hall–Kier alpha value is -2.15. The zero-order chi connectivity index (χ0) is 20.7. The molecule has 0 aliphatic carbocycles. The summed E-state index contributed by atoms with van der Waals surface area (Å²) < 4.78 is 16.4. The summed E-state index contributed by atoms with van der Waals surface area (Å²) in [7, 11) is 4.92. The lowest BCUT2D eigenvalue weighted by Crippen LogP contribution is -2.46. The molecule has 28 heavy (non-hydrogen) atoms. The number of hydrogen-bond acceptors (Lipinski definition) is 5. The molecule has 2 N–H and O–H groups in total. The van der Waals surface area contributed by atoms with E-state index in [2.05, 4.69) is 43.2 Å². The lowest BCUT2D eigenvalue weighted by molar-refractivity contribution is 0.265. The van der Waals surface area contributed by atoms with E-state index in [9.17, 15) is 0 Å². The molecule has 2 rings (SSSR count).